The number of ether oxygens (including phenoxy) is 3. The number of carbonyl (C=O) groups is 2. The molecule has 0 spiro atoms. The van der Waals surface area contributed by atoms with Crippen LogP contribution in [0.2, 0.25) is 0 Å². The highest BCUT2D eigenvalue weighted by Gasteiger charge is 2.31. The number of sulfonamides is 1. The average Bonchev–Trinajstić information content (AvgIpc) is 3.33. The van der Waals surface area contributed by atoms with E-state index in [1.54, 1.807) is 57.4 Å². The maximum absolute atomic E-state index is 13.6. The number of rotatable bonds is 11. The maximum atomic E-state index is 13.6. The Labute approximate surface area is 205 Å². The lowest BCUT2D eigenvalue weighted by Gasteiger charge is -2.31. The van der Waals surface area contributed by atoms with Crippen LogP contribution in [0.25, 0.3) is 0 Å². The van der Waals surface area contributed by atoms with E-state index in [0.717, 1.165) is 9.87 Å². The van der Waals surface area contributed by atoms with Gasteiger partial charge >= 0.3 is 0 Å². The Morgan fingerprint density at radius 2 is 1.77 bits per heavy atom. The van der Waals surface area contributed by atoms with E-state index >= 15 is 0 Å². The largest absolute Gasteiger partial charge is 0.497 e. The second kappa shape index (κ2) is 11.3. The van der Waals surface area contributed by atoms with Gasteiger partial charge in [-0.1, -0.05) is 12.1 Å². The zero-order valence-corrected chi connectivity index (χ0v) is 21.1. The number of fused-ring (bicyclic) bond motifs is 1. The monoisotopic (exact) mass is 505 g/mol. The second-order valence-corrected chi connectivity index (χ2v) is 10.1. The summed E-state index contributed by atoms with van der Waals surface area (Å²) in [4.78, 5) is 27.6. The van der Waals surface area contributed by atoms with Crippen molar-refractivity contribution in [2.24, 2.45) is 0 Å². The molecule has 2 aromatic carbocycles. The van der Waals surface area contributed by atoms with E-state index in [2.05, 4.69) is 5.32 Å². The van der Waals surface area contributed by atoms with E-state index < -0.39 is 28.5 Å². The molecule has 35 heavy (non-hydrogen) atoms. The molecule has 1 unspecified atom stereocenters. The zero-order chi connectivity index (χ0) is 25.6. The fourth-order valence-corrected chi connectivity index (χ4v) is 4.65. The van der Waals surface area contributed by atoms with Gasteiger partial charge in [0.25, 0.3) is 0 Å². The lowest BCUT2D eigenvalue weighted by atomic mass is 10.1. The van der Waals surface area contributed by atoms with Crippen LogP contribution < -0.4 is 23.8 Å². The first-order valence-electron chi connectivity index (χ1n) is 11.3. The second-order valence-electron chi connectivity index (χ2n) is 7.89. The molecule has 0 saturated heterocycles. The van der Waals surface area contributed by atoms with Gasteiger partial charge in [-0.3, -0.25) is 13.9 Å². The molecule has 0 aliphatic carbocycles. The van der Waals surface area contributed by atoms with Gasteiger partial charge in [0.1, 0.15) is 18.3 Å². The summed E-state index contributed by atoms with van der Waals surface area (Å²) in [5.41, 5.74) is 1.04. The molecule has 11 heteroatoms. The first kappa shape index (κ1) is 26.1. The molecular weight excluding hydrogens is 474 g/mol. The SMILES string of the molecule is CCNC(=O)C(C)N(Cc1ccc(OC)cc1)C(=O)CN(c1ccc2c(c1)OCO2)S(=O)(=O)CC. The smallest absolute Gasteiger partial charge is 0.244 e. The molecule has 2 amide bonds. The first-order chi connectivity index (χ1) is 16.7. The van der Waals surface area contributed by atoms with Gasteiger partial charge in [-0.15, -0.1) is 0 Å². The summed E-state index contributed by atoms with van der Waals surface area (Å²) in [6.07, 6.45) is 0. The Hall–Kier alpha value is -3.47. The summed E-state index contributed by atoms with van der Waals surface area (Å²) in [6.45, 7) is 4.99. The minimum absolute atomic E-state index is 0.0396. The standard InChI is InChI=1S/C24H31N3O7S/c1-5-25-24(29)17(3)26(14-18-7-10-20(32-4)11-8-18)23(28)15-27(35(30,31)6-2)19-9-12-21-22(13-19)34-16-33-21/h7-13,17H,5-6,14-16H2,1-4H3,(H,25,29). The van der Waals surface area contributed by atoms with Crippen molar-refractivity contribution in [1.82, 2.24) is 10.2 Å². The van der Waals surface area contributed by atoms with Crippen LogP contribution >= 0.6 is 0 Å². The molecule has 0 aromatic heterocycles. The molecule has 1 aliphatic heterocycles. The van der Waals surface area contributed by atoms with Gasteiger partial charge in [-0.2, -0.15) is 0 Å². The summed E-state index contributed by atoms with van der Waals surface area (Å²) >= 11 is 0. The third kappa shape index (κ3) is 6.16. The highest BCUT2D eigenvalue weighted by Crippen LogP contribution is 2.36. The number of methoxy groups -OCH3 is 1. The highest BCUT2D eigenvalue weighted by atomic mass is 32.2. The van der Waals surface area contributed by atoms with Crippen molar-refractivity contribution >= 4 is 27.5 Å². The summed E-state index contributed by atoms with van der Waals surface area (Å²) in [5.74, 6) is 0.499. The zero-order valence-electron chi connectivity index (χ0n) is 20.3. The van der Waals surface area contributed by atoms with Crippen molar-refractivity contribution in [3.05, 3.63) is 48.0 Å². The van der Waals surface area contributed by atoms with Crippen molar-refractivity contribution in [2.45, 2.75) is 33.4 Å². The van der Waals surface area contributed by atoms with Crippen molar-refractivity contribution in [3.8, 4) is 17.2 Å². The van der Waals surface area contributed by atoms with Crippen molar-refractivity contribution in [2.75, 3.05) is 37.1 Å². The van der Waals surface area contributed by atoms with Crippen LogP contribution in [0.3, 0.4) is 0 Å². The van der Waals surface area contributed by atoms with Gasteiger partial charge in [-0.05, 0) is 50.6 Å². The quantitative estimate of drug-likeness (QED) is 0.498. The Morgan fingerprint density at radius 3 is 2.40 bits per heavy atom. The van der Waals surface area contributed by atoms with Gasteiger partial charge in [0, 0.05) is 19.2 Å². The number of nitrogens with one attached hydrogen (secondary N) is 1. The number of amides is 2. The third-order valence-corrected chi connectivity index (χ3v) is 7.39. The summed E-state index contributed by atoms with van der Waals surface area (Å²) in [6, 6.07) is 11.0. The van der Waals surface area contributed by atoms with E-state index in [0.29, 0.717) is 23.8 Å². The molecule has 3 rings (SSSR count). The fourth-order valence-electron chi connectivity index (χ4n) is 3.59. The number of carbonyl (C=O) groups excluding carboxylic acids is 2. The van der Waals surface area contributed by atoms with E-state index in [9.17, 15) is 18.0 Å². The predicted octanol–water partition coefficient (Wildman–Crippen LogP) is 2.13. The number of hydrogen-bond acceptors (Lipinski definition) is 7. The van der Waals surface area contributed by atoms with E-state index in [-0.39, 0.29) is 30.7 Å². The third-order valence-electron chi connectivity index (χ3n) is 5.65. The van der Waals surface area contributed by atoms with Crippen LogP contribution in [0.4, 0.5) is 5.69 Å². The van der Waals surface area contributed by atoms with E-state index in [1.165, 1.54) is 17.9 Å². The molecule has 0 bridgehead atoms. The Morgan fingerprint density at radius 1 is 1.09 bits per heavy atom. The average molecular weight is 506 g/mol. The molecule has 0 radical (unpaired) electrons. The van der Waals surface area contributed by atoms with Crippen LogP contribution in [0.15, 0.2) is 42.5 Å². The summed E-state index contributed by atoms with van der Waals surface area (Å²) in [7, 11) is -2.27. The predicted molar refractivity (Wildman–Crippen MR) is 131 cm³/mol. The van der Waals surface area contributed by atoms with Crippen LogP contribution in [-0.2, 0) is 26.2 Å². The molecule has 1 N–H and O–H groups in total. The number of hydrogen-bond donors (Lipinski definition) is 1. The molecule has 2 aromatic rings. The minimum Gasteiger partial charge on any atom is -0.497 e. The molecule has 190 valence electrons. The van der Waals surface area contributed by atoms with Crippen LogP contribution in [0.5, 0.6) is 17.2 Å². The summed E-state index contributed by atoms with van der Waals surface area (Å²) in [5, 5.41) is 2.72. The lowest BCUT2D eigenvalue weighted by Crippen LogP contribution is -2.51. The Bertz CT molecular complexity index is 1150. The lowest BCUT2D eigenvalue weighted by molar-refractivity contribution is -0.139. The maximum Gasteiger partial charge on any atom is 0.244 e. The van der Waals surface area contributed by atoms with Gasteiger partial charge in [0.2, 0.25) is 28.6 Å². The Kier molecular flexibility index (Phi) is 8.44. The van der Waals surface area contributed by atoms with Crippen LogP contribution in [0, 0.1) is 0 Å². The fraction of sp³-hybridized carbons (Fsp3) is 0.417. The Balaban J connectivity index is 1.92. The van der Waals surface area contributed by atoms with Gasteiger partial charge in [-0.25, -0.2) is 8.42 Å². The summed E-state index contributed by atoms with van der Waals surface area (Å²) < 4.78 is 42.9. The number of benzene rings is 2. The number of nitrogens with zero attached hydrogens (tertiary/aromatic N) is 2. The van der Waals surface area contributed by atoms with Crippen LogP contribution in [0.1, 0.15) is 26.3 Å². The molecule has 10 nitrogen and oxygen atoms in total. The van der Waals surface area contributed by atoms with Gasteiger partial charge < -0.3 is 24.4 Å². The first-order valence-corrected chi connectivity index (χ1v) is 12.9. The minimum atomic E-state index is -3.82. The van der Waals surface area contributed by atoms with Gasteiger partial charge in [0.15, 0.2) is 11.5 Å². The van der Waals surface area contributed by atoms with Crippen molar-refractivity contribution < 1.29 is 32.2 Å². The van der Waals surface area contributed by atoms with E-state index in [4.69, 9.17) is 14.2 Å². The number of likely N-dealkylation sites (N-methyl/N-ethyl adjacent to an activating group) is 1. The molecule has 1 aliphatic rings. The topological polar surface area (TPSA) is 114 Å². The molecular formula is C24H31N3O7S. The molecule has 0 fully saturated rings. The number of anilines is 1. The van der Waals surface area contributed by atoms with Gasteiger partial charge in [0.05, 0.1) is 18.6 Å². The van der Waals surface area contributed by atoms with Crippen molar-refractivity contribution in [1.29, 1.82) is 0 Å². The molecule has 1 heterocycles. The highest BCUT2D eigenvalue weighted by molar-refractivity contribution is 7.92. The normalized spacial score (nSPS) is 13.1. The molecule has 0 saturated carbocycles. The van der Waals surface area contributed by atoms with Crippen LogP contribution in [-0.4, -0.2) is 63.9 Å². The molecule has 1 atom stereocenters. The van der Waals surface area contributed by atoms with E-state index in [1.807, 2.05) is 0 Å². The van der Waals surface area contributed by atoms with Crippen molar-refractivity contribution in [3.63, 3.8) is 0 Å².